The summed E-state index contributed by atoms with van der Waals surface area (Å²) in [5, 5.41) is 0. The van der Waals surface area contributed by atoms with Crippen LogP contribution in [0, 0.1) is 13.8 Å². The topological polar surface area (TPSA) is 3.24 Å². The average molecular weight is 277 g/mol. The van der Waals surface area contributed by atoms with Gasteiger partial charge >= 0.3 is 0 Å². The van der Waals surface area contributed by atoms with Crippen molar-refractivity contribution in [3.63, 3.8) is 0 Å². The number of piperidine rings is 1. The van der Waals surface area contributed by atoms with Crippen LogP contribution in [0.4, 0.5) is 0 Å². The predicted octanol–water partition coefficient (Wildman–Crippen LogP) is 4.30. The Bertz CT molecular complexity index is 652. The summed E-state index contributed by atoms with van der Waals surface area (Å²) in [6, 6.07) is 14.1. The Morgan fingerprint density at radius 1 is 0.810 bits per heavy atom. The lowest BCUT2D eigenvalue weighted by molar-refractivity contribution is 0.216. The van der Waals surface area contributed by atoms with Crippen LogP contribution >= 0.6 is 0 Å². The SMILES string of the molecule is Cc1ccc2c(c1)C1(CCN(C)CC1)c1cc(C)ccc1-2. The number of rotatable bonds is 0. The fourth-order valence-electron chi connectivity index (χ4n) is 4.26. The summed E-state index contributed by atoms with van der Waals surface area (Å²) in [5.74, 6) is 0. The maximum Gasteiger partial charge on any atom is 0.0239 e. The first-order chi connectivity index (χ1) is 10.1. The number of aryl methyl sites for hydroxylation is 2. The van der Waals surface area contributed by atoms with Gasteiger partial charge in [-0.15, -0.1) is 0 Å². The van der Waals surface area contributed by atoms with Gasteiger partial charge in [-0.2, -0.15) is 0 Å². The van der Waals surface area contributed by atoms with E-state index in [1.807, 2.05) is 0 Å². The van der Waals surface area contributed by atoms with Gasteiger partial charge in [0, 0.05) is 5.41 Å². The molecule has 0 aromatic heterocycles. The molecule has 1 aliphatic heterocycles. The zero-order valence-electron chi connectivity index (χ0n) is 13.2. The number of benzene rings is 2. The highest BCUT2D eigenvalue weighted by Gasteiger charge is 2.44. The van der Waals surface area contributed by atoms with E-state index in [0.29, 0.717) is 0 Å². The lowest BCUT2D eigenvalue weighted by atomic mass is 9.70. The van der Waals surface area contributed by atoms with Crippen LogP contribution in [-0.4, -0.2) is 25.0 Å². The van der Waals surface area contributed by atoms with Gasteiger partial charge in [-0.05, 0) is 69.1 Å². The van der Waals surface area contributed by atoms with E-state index in [0.717, 1.165) is 0 Å². The van der Waals surface area contributed by atoms with E-state index in [1.165, 1.54) is 48.2 Å². The highest BCUT2D eigenvalue weighted by Crippen LogP contribution is 2.54. The van der Waals surface area contributed by atoms with Crippen LogP contribution in [0.3, 0.4) is 0 Å². The van der Waals surface area contributed by atoms with Gasteiger partial charge in [-0.25, -0.2) is 0 Å². The number of fused-ring (bicyclic) bond motifs is 5. The first-order valence-corrected chi connectivity index (χ1v) is 8.01. The van der Waals surface area contributed by atoms with Crippen molar-refractivity contribution >= 4 is 0 Å². The third kappa shape index (κ3) is 1.80. The van der Waals surface area contributed by atoms with Crippen LogP contribution in [0.5, 0.6) is 0 Å². The van der Waals surface area contributed by atoms with Crippen molar-refractivity contribution in [1.29, 1.82) is 0 Å². The minimum Gasteiger partial charge on any atom is -0.306 e. The summed E-state index contributed by atoms with van der Waals surface area (Å²) in [7, 11) is 2.25. The molecule has 2 aromatic rings. The van der Waals surface area contributed by atoms with Crippen LogP contribution in [-0.2, 0) is 5.41 Å². The van der Waals surface area contributed by atoms with Crippen LogP contribution in [0.25, 0.3) is 11.1 Å². The number of hydrogen-bond donors (Lipinski definition) is 0. The fourth-order valence-corrected chi connectivity index (χ4v) is 4.26. The maximum absolute atomic E-state index is 2.47. The molecule has 2 aliphatic rings. The molecule has 1 heterocycles. The van der Waals surface area contributed by atoms with E-state index in [9.17, 15) is 0 Å². The lowest BCUT2D eigenvalue weighted by Crippen LogP contribution is -2.40. The van der Waals surface area contributed by atoms with Gasteiger partial charge in [0.1, 0.15) is 0 Å². The molecule has 1 fully saturated rings. The van der Waals surface area contributed by atoms with Crippen molar-refractivity contribution in [1.82, 2.24) is 4.90 Å². The fraction of sp³-hybridized carbons (Fsp3) is 0.400. The lowest BCUT2D eigenvalue weighted by Gasteiger charge is -2.40. The molecule has 0 saturated carbocycles. The Balaban J connectivity index is 1.98. The molecule has 4 rings (SSSR count). The molecule has 1 saturated heterocycles. The van der Waals surface area contributed by atoms with E-state index in [-0.39, 0.29) is 5.41 Å². The van der Waals surface area contributed by atoms with E-state index in [1.54, 1.807) is 11.1 Å². The van der Waals surface area contributed by atoms with Gasteiger partial charge < -0.3 is 4.90 Å². The third-order valence-electron chi connectivity index (χ3n) is 5.51. The average Bonchev–Trinajstić information content (AvgIpc) is 2.72. The molecule has 21 heavy (non-hydrogen) atoms. The van der Waals surface area contributed by atoms with Crippen molar-refractivity contribution in [3.8, 4) is 11.1 Å². The van der Waals surface area contributed by atoms with Crippen molar-refractivity contribution in [2.75, 3.05) is 20.1 Å². The smallest absolute Gasteiger partial charge is 0.0239 e. The van der Waals surface area contributed by atoms with E-state index in [2.05, 4.69) is 62.2 Å². The number of nitrogens with zero attached hydrogens (tertiary/aromatic N) is 1. The highest BCUT2D eigenvalue weighted by atomic mass is 15.1. The molecule has 1 nitrogen and oxygen atoms in total. The number of likely N-dealkylation sites (tertiary alicyclic amines) is 1. The quantitative estimate of drug-likeness (QED) is 0.694. The van der Waals surface area contributed by atoms with E-state index >= 15 is 0 Å². The monoisotopic (exact) mass is 277 g/mol. The molecule has 0 bridgehead atoms. The molecule has 0 atom stereocenters. The molecule has 1 aliphatic carbocycles. The second-order valence-electron chi connectivity index (χ2n) is 6.98. The molecule has 0 amide bonds. The Morgan fingerprint density at radius 3 is 1.76 bits per heavy atom. The molecule has 0 radical (unpaired) electrons. The zero-order chi connectivity index (χ0) is 14.6. The summed E-state index contributed by atoms with van der Waals surface area (Å²) in [6.07, 6.45) is 2.49. The summed E-state index contributed by atoms with van der Waals surface area (Å²) in [6.45, 7) is 6.83. The second-order valence-corrected chi connectivity index (χ2v) is 6.98. The molecule has 1 spiro atoms. The van der Waals surface area contributed by atoms with Crippen LogP contribution in [0.1, 0.15) is 35.1 Å². The molecular weight excluding hydrogens is 254 g/mol. The zero-order valence-corrected chi connectivity index (χ0v) is 13.2. The van der Waals surface area contributed by atoms with E-state index < -0.39 is 0 Å². The normalized spacial score (nSPS) is 19.6. The molecule has 0 unspecified atom stereocenters. The summed E-state index contributed by atoms with van der Waals surface area (Å²) >= 11 is 0. The largest absolute Gasteiger partial charge is 0.306 e. The molecule has 2 aromatic carbocycles. The second kappa shape index (κ2) is 4.45. The van der Waals surface area contributed by atoms with Crippen molar-refractivity contribution < 1.29 is 0 Å². The Morgan fingerprint density at radius 2 is 1.29 bits per heavy atom. The standard InChI is InChI=1S/C20H23N/c1-14-4-6-16-17-7-5-15(2)13-19(17)20(18(16)12-14)8-10-21(3)11-9-20/h4-7,12-13H,8-11H2,1-3H3. The van der Waals surface area contributed by atoms with Crippen molar-refractivity contribution in [2.45, 2.75) is 32.1 Å². The van der Waals surface area contributed by atoms with Gasteiger partial charge in [0.25, 0.3) is 0 Å². The molecular formula is C20H23N. The summed E-state index contributed by atoms with van der Waals surface area (Å²) < 4.78 is 0. The Kier molecular flexibility index (Phi) is 2.77. The van der Waals surface area contributed by atoms with Crippen LogP contribution in [0.15, 0.2) is 36.4 Å². The molecule has 0 N–H and O–H groups in total. The first kappa shape index (κ1) is 13.1. The van der Waals surface area contributed by atoms with Crippen LogP contribution < -0.4 is 0 Å². The summed E-state index contributed by atoms with van der Waals surface area (Å²) in [5.41, 5.74) is 9.13. The van der Waals surface area contributed by atoms with Gasteiger partial charge in [0.2, 0.25) is 0 Å². The Hall–Kier alpha value is -1.60. The summed E-state index contributed by atoms with van der Waals surface area (Å²) in [4.78, 5) is 2.47. The third-order valence-corrected chi connectivity index (χ3v) is 5.51. The Labute approximate surface area is 127 Å². The maximum atomic E-state index is 2.47. The minimum atomic E-state index is 0.259. The molecule has 1 heteroatoms. The van der Waals surface area contributed by atoms with Crippen molar-refractivity contribution in [2.24, 2.45) is 0 Å². The van der Waals surface area contributed by atoms with Gasteiger partial charge in [0.05, 0.1) is 0 Å². The van der Waals surface area contributed by atoms with Gasteiger partial charge in [-0.1, -0.05) is 47.5 Å². The van der Waals surface area contributed by atoms with Gasteiger partial charge in [-0.3, -0.25) is 0 Å². The highest BCUT2D eigenvalue weighted by molar-refractivity contribution is 5.81. The molecule has 108 valence electrons. The van der Waals surface area contributed by atoms with Crippen molar-refractivity contribution in [3.05, 3.63) is 58.7 Å². The van der Waals surface area contributed by atoms with Crippen LogP contribution in [0.2, 0.25) is 0 Å². The minimum absolute atomic E-state index is 0.259. The van der Waals surface area contributed by atoms with Gasteiger partial charge in [0.15, 0.2) is 0 Å². The number of hydrogen-bond acceptors (Lipinski definition) is 1. The predicted molar refractivity (Wildman–Crippen MR) is 88.9 cm³/mol. The first-order valence-electron chi connectivity index (χ1n) is 8.01. The van der Waals surface area contributed by atoms with E-state index in [4.69, 9.17) is 0 Å².